The highest BCUT2D eigenvalue weighted by atomic mass is 32.2. The second kappa shape index (κ2) is 6.01. The van der Waals surface area contributed by atoms with Crippen LogP contribution in [-0.4, -0.2) is 56.0 Å². The molecule has 0 bridgehead atoms. The van der Waals surface area contributed by atoms with E-state index in [4.69, 9.17) is 0 Å². The first kappa shape index (κ1) is 15.5. The van der Waals surface area contributed by atoms with Crippen LogP contribution in [0.4, 0.5) is 0 Å². The fraction of sp³-hybridized carbons (Fsp3) is 0.562. The van der Waals surface area contributed by atoms with Crippen LogP contribution in [0.3, 0.4) is 0 Å². The summed E-state index contributed by atoms with van der Waals surface area (Å²) in [6.07, 6.45) is 3.76. The van der Waals surface area contributed by atoms with Crippen LogP contribution < -0.4 is 0 Å². The Bertz CT molecular complexity index is 672. The number of hydrogen-bond acceptors (Lipinski definition) is 3. The van der Waals surface area contributed by atoms with Gasteiger partial charge in [0.05, 0.1) is 12.2 Å². The van der Waals surface area contributed by atoms with Crippen molar-refractivity contribution in [1.29, 1.82) is 0 Å². The van der Waals surface area contributed by atoms with Crippen LogP contribution in [0.2, 0.25) is 0 Å². The summed E-state index contributed by atoms with van der Waals surface area (Å²) >= 11 is 0. The topological polar surface area (TPSA) is 57.7 Å². The van der Waals surface area contributed by atoms with Gasteiger partial charge in [-0.15, -0.1) is 0 Å². The van der Waals surface area contributed by atoms with Gasteiger partial charge < -0.3 is 4.90 Å². The third kappa shape index (κ3) is 3.03. The van der Waals surface area contributed by atoms with Gasteiger partial charge >= 0.3 is 0 Å². The average Bonchev–Trinajstić information content (AvgIpc) is 2.73. The van der Waals surface area contributed by atoms with Crippen molar-refractivity contribution >= 4 is 15.9 Å². The van der Waals surface area contributed by atoms with Crippen LogP contribution in [-0.2, 0) is 21.2 Å². The predicted octanol–water partition coefficient (Wildman–Crippen LogP) is 1.21. The quantitative estimate of drug-likeness (QED) is 0.822. The van der Waals surface area contributed by atoms with Crippen molar-refractivity contribution in [3.8, 4) is 0 Å². The normalized spacial score (nSPS) is 23.1. The van der Waals surface area contributed by atoms with Gasteiger partial charge in [0, 0.05) is 26.2 Å². The van der Waals surface area contributed by atoms with E-state index in [0.29, 0.717) is 32.6 Å². The molecule has 0 unspecified atom stereocenters. The van der Waals surface area contributed by atoms with E-state index >= 15 is 0 Å². The zero-order chi connectivity index (χ0) is 15.7. The molecule has 3 rings (SSSR count). The van der Waals surface area contributed by atoms with Crippen LogP contribution >= 0.6 is 0 Å². The molecule has 120 valence electrons. The van der Waals surface area contributed by atoms with Gasteiger partial charge in [-0.05, 0) is 30.4 Å². The number of fused-ring (bicyclic) bond motifs is 1. The molecule has 1 aliphatic carbocycles. The van der Waals surface area contributed by atoms with Crippen LogP contribution in [0.1, 0.15) is 29.9 Å². The van der Waals surface area contributed by atoms with Crippen molar-refractivity contribution in [2.45, 2.75) is 25.2 Å². The molecule has 0 saturated carbocycles. The van der Waals surface area contributed by atoms with Crippen LogP contribution in [0, 0.1) is 0 Å². The van der Waals surface area contributed by atoms with Gasteiger partial charge in [0.2, 0.25) is 15.9 Å². The molecule has 0 N–H and O–H groups in total. The predicted molar refractivity (Wildman–Crippen MR) is 85.1 cm³/mol. The van der Waals surface area contributed by atoms with E-state index < -0.39 is 10.0 Å². The molecule has 1 atom stereocenters. The van der Waals surface area contributed by atoms with Crippen LogP contribution in [0.25, 0.3) is 0 Å². The Morgan fingerprint density at radius 1 is 1.14 bits per heavy atom. The van der Waals surface area contributed by atoms with Crippen LogP contribution in [0.5, 0.6) is 0 Å². The zero-order valence-corrected chi connectivity index (χ0v) is 13.7. The molecule has 1 aromatic rings. The van der Waals surface area contributed by atoms with Crippen molar-refractivity contribution in [3.05, 3.63) is 35.4 Å². The highest BCUT2D eigenvalue weighted by molar-refractivity contribution is 7.88. The second-order valence-corrected chi connectivity index (χ2v) is 8.11. The number of nitrogens with zero attached hydrogens (tertiary/aromatic N) is 2. The smallest absolute Gasteiger partial charge is 0.230 e. The molecule has 1 aromatic carbocycles. The van der Waals surface area contributed by atoms with Gasteiger partial charge in [-0.25, -0.2) is 12.7 Å². The molecule has 6 heteroatoms. The first-order chi connectivity index (χ1) is 10.5. The maximum Gasteiger partial charge on any atom is 0.230 e. The number of rotatable bonds is 2. The fourth-order valence-electron chi connectivity index (χ4n) is 3.48. The van der Waals surface area contributed by atoms with Crippen molar-refractivity contribution < 1.29 is 13.2 Å². The summed E-state index contributed by atoms with van der Waals surface area (Å²) in [6.45, 7) is 2.04. The number of benzene rings is 1. The van der Waals surface area contributed by atoms with E-state index in [2.05, 4.69) is 6.07 Å². The molecular weight excluding hydrogens is 300 g/mol. The van der Waals surface area contributed by atoms with E-state index in [-0.39, 0.29) is 11.8 Å². The Morgan fingerprint density at radius 2 is 1.91 bits per heavy atom. The molecule has 2 aliphatic rings. The molecule has 1 heterocycles. The monoisotopic (exact) mass is 322 g/mol. The minimum Gasteiger partial charge on any atom is -0.341 e. The standard InChI is InChI=1S/C16H22N2O3S/c1-22(20,21)18-10-4-9-17(11-12-18)16(19)15-8-7-13-5-2-3-6-14(13)15/h2-3,5-6,15H,4,7-12H2,1H3/t15-/m0/s1. The van der Waals surface area contributed by atoms with E-state index in [1.807, 2.05) is 23.1 Å². The zero-order valence-electron chi connectivity index (χ0n) is 12.9. The van der Waals surface area contributed by atoms with Gasteiger partial charge in [-0.2, -0.15) is 0 Å². The molecular formula is C16H22N2O3S. The number of aryl methyl sites for hydroxylation is 1. The molecule has 1 aliphatic heterocycles. The summed E-state index contributed by atoms with van der Waals surface area (Å²) in [5.41, 5.74) is 2.42. The Hall–Kier alpha value is -1.40. The Balaban J connectivity index is 1.72. The Kier molecular flexibility index (Phi) is 4.23. The molecule has 1 saturated heterocycles. The molecule has 0 radical (unpaired) electrons. The van der Waals surface area contributed by atoms with Gasteiger partial charge in [0.1, 0.15) is 0 Å². The lowest BCUT2D eigenvalue weighted by molar-refractivity contribution is -0.132. The fourth-order valence-corrected chi connectivity index (χ4v) is 4.35. The summed E-state index contributed by atoms with van der Waals surface area (Å²) in [6, 6.07) is 8.14. The average molecular weight is 322 g/mol. The first-order valence-corrected chi connectivity index (χ1v) is 9.63. The summed E-state index contributed by atoms with van der Waals surface area (Å²) in [7, 11) is -3.17. The largest absolute Gasteiger partial charge is 0.341 e. The molecule has 1 amide bonds. The Morgan fingerprint density at radius 3 is 2.68 bits per heavy atom. The van der Waals surface area contributed by atoms with Gasteiger partial charge in [-0.3, -0.25) is 4.79 Å². The maximum absolute atomic E-state index is 12.8. The highest BCUT2D eigenvalue weighted by Crippen LogP contribution is 2.34. The highest BCUT2D eigenvalue weighted by Gasteiger charge is 2.32. The van der Waals surface area contributed by atoms with E-state index in [9.17, 15) is 13.2 Å². The Labute approximate surface area is 132 Å². The SMILES string of the molecule is CS(=O)(=O)N1CCCN(C(=O)[C@H]2CCc3ccccc32)CC1. The molecule has 22 heavy (non-hydrogen) atoms. The molecule has 0 aromatic heterocycles. The second-order valence-electron chi connectivity index (χ2n) is 6.13. The number of sulfonamides is 1. The van der Waals surface area contributed by atoms with Crippen molar-refractivity contribution in [2.75, 3.05) is 32.4 Å². The summed E-state index contributed by atoms with van der Waals surface area (Å²) in [5, 5.41) is 0. The van der Waals surface area contributed by atoms with Crippen molar-refractivity contribution in [2.24, 2.45) is 0 Å². The van der Waals surface area contributed by atoms with Crippen molar-refractivity contribution in [3.63, 3.8) is 0 Å². The van der Waals surface area contributed by atoms with Gasteiger partial charge in [-0.1, -0.05) is 24.3 Å². The molecule has 5 nitrogen and oxygen atoms in total. The minimum atomic E-state index is -3.17. The number of carbonyl (C=O) groups is 1. The first-order valence-electron chi connectivity index (χ1n) is 7.78. The summed E-state index contributed by atoms with van der Waals surface area (Å²) < 4.78 is 24.8. The molecule has 0 spiro atoms. The minimum absolute atomic E-state index is 0.0546. The van der Waals surface area contributed by atoms with Gasteiger partial charge in [0.25, 0.3) is 0 Å². The summed E-state index contributed by atoms with van der Waals surface area (Å²) in [5.74, 6) is 0.0984. The number of hydrogen-bond donors (Lipinski definition) is 0. The lowest BCUT2D eigenvalue weighted by Gasteiger charge is -2.24. The van der Waals surface area contributed by atoms with Crippen LogP contribution in [0.15, 0.2) is 24.3 Å². The number of amides is 1. The third-order valence-corrected chi connectivity index (χ3v) is 5.97. The van der Waals surface area contributed by atoms with E-state index in [1.165, 1.54) is 16.1 Å². The lowest BCUT2D eigenvalue weighted by atomic mass is 10.00. The van der Waals surface area contributed by atoms with E-state index in [0.717, 1.165) is 18.4 Å². The van der Waals surface area contributed by atoms with Gasteiger partial charge in [0.15, 0.2) is 0 Å². The summed E-state index contributed by atoms with van der Waals surface area (Å²) in [4.78, 5) is 14.7. The lowest BCUT2D eigenvalue weighted by Crippen LogP contribution is -2.38. The van der Waals surface area contributed by atoms with Crippen molar-refractivity contribution in [1.82, 2.24) is 9.21 Å². The molecule has 1 fully saturated rings. The van der Waals surface area contributed by atoms with E-state index in [1.54, 1.807) is 0 Å². The number of carbonyl (C=O) groups excluding carboxylic acids is 1. The maximum atomic E-state index is 12.8. The third-order valence-electron chi connectivity index (χ3n) is 4.67.